The van der Waals surface area contributed by atoms with Crippen molar-refractivity contribution in [2.75, 3.05) is 19.4 Å². The monoisotopic (exact) mass is 423 g/mol. The van der Waals surface area contributed by atoms with Gasteiger partial charge in [0.2, 0.25) is 0 Å². The number of hydrogen-bond acceptors (Lipinski definition) is 3. The first-order chi connectivity index (χ1) is 14.2. The van der Waals surface area contributed by atoms with Gasteiger partial charge in [-0.3, -0.25) is 4.79 Å². The molecule has 0 aromatic heterocycles. The Morgan fingerprint density at radius 1 is 1.00 bits per heavy atom. The molecule has 3 aromatic rings. The van der Waals surface area contributed by atoms with Crippen molar-refractivity contribution in [3.63, 3.8) is 0 Å². The number of halogens is 1. The number of rotatable bonds is 8. The molecule has 0 aliphatic heterocycles. The number of carbonyl (C=O) groups excluding carboxylic acids is 1. The summed E-state index contributed by atoms with van der Waals surface area (Å²) in [7, 11) is 1.63. The van der Waals surface area contributed by atoms with Gasteiger partial charge in [-0.15, -0.1) is 11.8 Å². The van der Waals surface area contributed by atoms with Crippen LogP contribution >= 0.6 is 23.4 Å². The normalized spacial score (nSPS) is 11.2. The average molecular weight is 424 g/mol. The molecule has 0 bridgehead atoms. The minimum absolute atomic E-state index is 0.0938. The SMILES string of the molecule is COc1ccc(C=C(C(=O)NCCSc2ccc(Cl)cc2)c2ccccc2)cc1. The summed E-state index contributed by atoms with van der Waals surface area (Å²) >= 11 is 7.59. The Hall–Kier alpha value is -2.69. The second kappa shape index (κ2) is 10.7. The molecule has 3 aromatic carbocycles. The molecule has 1 N–H and O–H groups in total. The summed E-state index contributed by atoms with van der Waals surface area (Å²) in [4.78, 5) is 14.0. The van der Waals surface area contributed by atoms with Crippen molar-refractivity contribution in [3.8, 4) is 5.75 Å². The van der Waals surface area contributed by atoms with Crippen LogP contribution in [0.25, 0.3) is 11.6 Å². The van der Waals surface area contributed by atoms with Crippen molar-refractivity contribution in [1.29, 1.82) is 0 Å². The number of carbonyl (C=O) groups is 1. The first-order valence-corrected chi connectivity index (χ1v) is 10.6. The minimum atomic E-state index is -0.0938. The second-order valence-electron chi connectivity index (χ2n) is 6.26. The van der Waals surface area contributed by atoms with E-state index in [9.17, 15) is 4.79 Å². The van der Waals surface area contributed by atoms with Crippen LogP contribution in [0.5, 0.6) is 5.75 Å². The van der Waals surface area contributed by atoms with Gasteiger partial charge in [0.05, 0.1) is 7.11 Å². The number of nitrogens with one attached hydrogen (secondary N) is 1. The summed E-state index contributed by atoms with van der Waals surface area (Å²) in [5, 5.41) is 3.75. The molecule has 0 atom stereocenters. The molecule has 0 unspecified atom stereocenters. The lowest BCUT2D eigenvalue weighted by molar-refractivity contribution is -0.115. The van der Waals surface area contributed by atoms with Crippen molar-refractivity contribution < 1.29 is 9.53 Å². The Kier molecular flexibility index (Phi) is 7.79. The minimum Gasteiger partial charge on any atom is -0.497 e. The third kappa shape index (κ3) is 6.41. The van der Waals surface area contributed by atoms with Gasteiger partial charge in [-0.05, 0) is 53.6 Å². The van der Waals surface area contributed by atoms with Crippen LogP contribution in [0, 0.1) is 0 Å². The molecule has 29 heavy (non-hydrogen) atoms. The standard InChI is InChI=1S/C24H22ClNO2S/c1-28-21-11-7-18(8-12-21)17-23(19-5-3-2-4-6-19)24(27)26-15-16-29-22-13-9-20(25)10-14-22/h2-14,17H,15-16H2,1H3,(H,26,27). The summed E-state index contributed by atoms with van der Waals surface area (Å²) < 4.78 is 5.21. The van der Waals surface area contributed by atoms with E-state index in [1.54, 1.807) is 18.9 Å². The maximum absolute atomic E-state index is 12.9. The van der Waals surface area contributed by atoms with E-state index in [0.717, 1.165) is 32.5 Å². The molecule has 1 amide bonds. The predicted molar refractivity (Wildman–Crippen MR) is 122 cm³/mol. The Balaban J connectivity index is 1.67. The molecule has 0 radical (unpaired) electrons. The fourth-order valence-corrected chi connectivity index (χ4v) is 3.62. The van der Waals surface area contributed by atoms with Crippen LogP contribution in [0.2, 0.25) is 5.02 Å². The van der Waals surface area contributed by atoms with Crippen molar-refractivity contribution in [1.82, 2.24) is 5.32 Å². The van der Waals surface area contributed by atoms with Crippen molar-refractivity contribution in [2.45, 2.75) is 4.90 Å². The number of hydrogen-bond donors (Lipinski definition) is 1. The first-order valence-electron chi connectivity index (χ1n) is 9.23. The van der Waals surface area contributed by atoms with E-state index in [1.165, 1.54) is 0 Å². The Labute approximate surface area is 180 Å². The number of methoxy groups -OCH3 is 1. The average Bonchev–Trinajstić information content (AvgIpc) is 2.77. The largest absolute Gasteiger partial charge is 0.497 e. The third-order valence-electron chi connectivity index (χ3n) is 4.23. The van der Waals surface area contributed by atoms with E-state index in [-0.39, 0.29) is 5.91 Å². The molecule has 0 fully saturated rings. The highest BCUT2D eigenvalue weighted by Gasteiger charge is 2.11. The fraction of sp³-hybridized carbons (Fsp3) is 0.125. The van der Waals surface area contributed by atoms with Gasteiger partial charge in [-0.25, -0.2) is 0 Å². The summed E-state index contributed by atoms with van der Waals surface area (Å²) in [5.74, 6) is 1.47. The van der Waals surface area contributed by atoms with Crippen molar-refractivity contribution in [2.24, 2.45) is 0 Å². The lowest BCUT2D eigenvalue weighted by atomic mass is 10.0. The lowest BCUT2D eigenvalue weighted by Gasteiger charge is -2.10. The maximum Gasteiger partial charge on any atom is 0.251 e. The van der Waals surface area contributed by atoms with Crippen LogP contribution in [-0.2, 0) is 4.79 Å². The highest BCUT2D eigenvalue weighted by atomic mass is 35.5. The van der Waals surface area contributed by atoms with Crippen molar-refractivity contribution in [3.05, 3.63) is 95.0 Å². The molecular weight excluding hydrogens is 402 g/mol. The summed E-state index contributed by atoms with van der Waals surface area (Å²) in [6, 6.07) is 25.0. The Morgan fingerprint density at radius 3 is 2.34 bits per heavy atom. The quantitative estimate of drug-likeness (QED) is 0.215. The topological polar surface area (TPSA) is 38.3 Å². The molecule has 0 spiro atoms. The van der Waals surface area contributed by atoms with Gasteiger partial charge in [0.25, 0.3) is 5.91 Å². The van der Waals surface area contributed by atoms with Gasteiger partial charge < -0.3 is 10.1 Å². The smallest absolute Gasteiger partial charge is 0.251 e. The molecule has 0 heterocycles. The predicted octanol–water partition coefficient (Wildman–Crippen LogP) is 5.80. The number of amides is 1. The highest BCUT2D eigenvalue weighted by molar-refractivity contribution is 7.99. The van der Waals surface area contributed by atoms with Crippen LogP contribution in [0.15, 0.2) is 83.8 Å². The van der Waals surface area contributed by atoms with Crippen LogP contribution < -0.4 is 10.1 Å². The first kappa shape index (κ1) is 21.0. The fourth-order valence-electron chi connectivity index (χ4n) is 2.72. The maximum atomic E-state index is 12.9. The van der Waals surface area contributed by atoms with Crippen LogP contribution in [0.1, 0.15) is 11.1 Å². The molecular formula is C24H22ClNO2S. The summed E-state index contributed by atoms with van der Waals surface area (Å²) in [6.07, 6.45) is 1.90. The number of thioether (sulfide) groups is 1. The van der Waals surface area contributed by atoms with Crippen LogP contribution in [0.3, 0.4) is 0 Å². The van der Waals surface area contributed by atoms with Gasteiger partial charge in [0, 0.05) is 27.8 Å². The zero-order valence-electron chi connectivity index (χ0n) is 16.1. The highest BCUT2D eigenvalue weighted by Crippen LogP contribution is 2.22. The van der Waals surface area contributed by atoms with E-state index < -0.39 is 0 Å². The Morgan fingerprint density at radius 2 is 1.69 bits per heavy atom. The number of benzene rings is 3. The Bertz CT molecular complexity index is 954. The summed E-state index contributed by atoms with van der Waals surface area (Å²) in [5.41, 5.74) is 2.45. The number of ether oxygens (including phenoxy) is 1. The molecule has 148 valence electrons. The molecule has 0 saturated carbocycles. The van der Waals surface area contributed by atoms with Gasteiger partial charge >= 0.3 is 0 Å². The lowest BCUT2D eigenvalue weighted by Crippen LogP contribution is -2.26. The molecule has 0 saturated heterocycles. The molecule has 3 nitrogen and oxygen atoms in total. The van der Waals surface area contributed by atoms with Gasteiger partial charge in [-0.2, -0.15) is 0 Å². The van der Waals surface area contributed by atoms with E-state index in [1.807, 2.05) is 84.9 Å². The van der Waals surface area contributed by atoms with Gasteiger partial charge in [-0.1, -0.05) is 54.1 Å². The van der Waals surface area contributed by atoms with Crippen molar-refractivity contribution >= 4 is 40.9 Å². The zero-order chi connectivity index (χ0) is 20.5. The van der Waals surface area contributed by atoms with E-state index in [0.29, 0.717) is 12.1 Å². The van der Waals surface area contributed by atoms with E-state index in [2.05, 4.69) is 5.32 Å². The molecule has 0 aliphatic carbocycles. The van der Waals surface area contributed by atoms with Crippen LogP contribution in [0.4, 0.5) is 0 Å². The van der Waals surface area contributed by atoms with E-state index in [4.69, 9.17) is 16.3 Å². The second-order valence-corrected chi connectivity index (χ2v) is 7.86. The summed E-state index contributed by atoms with van der Waals surface area (Å²) in [6.45, 7) is 0.568. The molecule has 0 aliphatic rings. The zero-order valence-corrected chi connectivity index (χ0v) is 17.7. The third-order valence-corrected chi connectivity index (χ3v) is 5.49. The van der Waals surface area contributed by atoms with Gasteiger partial charge in [0.15, 0.2) is 0 Å². The molecule has 5 heteroatoms. The van der Waals surface area contributed by atoms with Gasteiger partial charge in [0.1, 0.15) is 5.75 Å². The molecule has 3 rings (SSSR count). The van der Waals surface area contributed by atoms with Crippen LogP contribution in [-0.4, -0.2) is 25.3 Å². The van der Waals surface area contributed by atoms with E-state index >= 15 is 0 Å².